The molecule has 1 aromatic carbocycles. The molecule has 0 spiro atoms. The molecule has 2 aromatic rings. The van der Waals surface area contributed by atoms with E-state index in [1.807, 2.05) is 0 Å². The maximum atomic E-state index is 13.9. The van der Waals surface area contributed by atoms with E-state index in [9.17, 15) is 27.2 Å². The number of aromatic nitrogens is 2. The zero-order valence-electron chi connectivity index (χ0n) is 15.1. The van der Waals surface area contributed by atoms with Crippen LogP contribution in [0.4, 0.5) is 23.2 Å². The molecule has 2 heterocycles. The van der Waals surface area contributed by atoms with E-state index in [2.05, 4.69) is 15.2 Å². The molecule has 12 heteroatoms. The molecule has 1 fully saturated rings. The topological polar surface area (TPSA) is 76.5 Å². The molecule has 0 unspecified atom stereocenters. The van der Waals surface area contributed by atoms with E-state index in [-0.39, 0.29) is 11.7 Å². The Hall–Kier alpha value is -2.82. The smallest absolute Gasteiger partial charge is 0.400 e. The first-order chi connectivity index (χ1) is 13.5. The first-order valence-corrected chi connectivity index (χ1v) is 8.65. The Morgan fingerprint density at radius 1 is 1.34 bits per heavy atom. The maximum absolute atomic E-state index is 13.9. The van der Waals surface area contributed by atoms with Crippen molar-refractivity contribution in [3.8, 4) is 5.75 Å². The number of carbonyl (C=O) groups is 2. The summed E-state index contributed by atoms with van der Waals surface area (Å²) in [6, 6.07) is 4.40. The lowest BCUT2D eigenvalue weighted by Gasteiger charge is -2.18. The minimum Gasteiger partial charge on any atom is -0.400 e. The Bertz CT molecular complexity index is 943. The van der Waals surface area contributed by atoms with Gasteiger partial charge >= 0.3 is 6.36 Å². The van der Waals surface area contributed by atoms with E-state index in [1.54, 1.807) is 7.05 Å². The monoisotopic (exact) mass is 434 g/mol. The van der Waals surface area contributed by atoms with Gasteiger partial charge in [0, 0.05) is 26.6 Å². The predicted molar refractivity (Wildman–Crippen MR) is 93.8 cm³/mol. The lowest BCUT2D eigenvalue weighted by Crippen LogP contribution is -2.33. The van der Waals surface area contributed by atoms with Gasteiger partial charge in [-0.2, -0.15) is 5.10 Å². The van der Waals surface area contributed by atoms with Crippen LogP contribution in [0.1, 0.15) is 11.6 Å². The fourth-order valence-electron chi connectivity index (χ4n) is 3.14. The number of benzene rings is 1. The van der Waals surface area contributed by atoms with Crippen molar-refractivity contribution in [1.82, 2.24) is 14.7 Å². The number of rotatable bonds is 4. The lowest BCUT2D eigenvalue weighted by molar-refractivity contribution is -0.275. The van der Waals surface area contributed by atoms with Gasteiger partial charge in [0.25, 0.3) is 0 Å². The van der Waals surface area contributed by atoms with Crippen LogP contribution in [0.5, 0.6) is 5.75 Å². The summed E-state index contributed by atoms with van der Waals surface area (Å²) in [6.07, 6.45) is -5.17. The van der Waals surface area contributed by atoms with Crippen LogP contribution < -0.4 is 10.1 Å². The number of hydrogen-bond acceptors (Lipinski definition) is 4. The fraction of sp³-hybridized carbons (Fsp3) is 0.353. The number of likely N-dealkylation sites (N-methyl/N-ethyl adjacent to an activating group) is 1. The number of nitrogens with one attached hydrogen (secondary N) is 1. The van der Waals surface area contributed by atoms with E-state index in [0.29, 0.717) is 5.69 Å². The molecule has 1 saturated heterocycles. The van der Waals surface area contributed by atoms with Crippen LogP contribution in [0.15, 0.2) is 24.3 Å². The van der Waals surface area contributed by atoms with Gasteiger partial charge in [-0.05, 0) is 18.2 Å². The number of carbonyl (C=O) groups excluding carboxylic acids is 2. The molecule has 0 aliphatic carbocycles. The first-order valence-electron chi connectivity index (χ1n) is 8.27. The quantitative estimate of drug-likeness (QED) is 0.593. The van der Waals surface area contributed by atoms with Gasteiger partial charge in [-0.3, -0.25) is 14.3 Å². The van der Waals surface area contributed by atoms with E-state index in [1.165, 1.54) is 22.7 Å². The minimum absolute atomic E-state index is 0.152. The van der Waals surface area contributed by atoms with E-state index < -0.39 is 47.3 Å². The van der Waals surface area contributed by atoms with Crippen molar-refractivity contribution in [1.29, 1.82) is 0 Å². The highest BCUT2D eigenvalue weighted by Gasteiger charge is 2.46. The van der Waals surface area contributed by atoms with Gasteiger partial charge in [-0.1, -0.05) is 17.7 Å². The molecule has 1 aliphatic rings. The first kappa shape index (κ1) is 20.9. The molecule has 156 valence electrons. The zero-order valence-corrected chi connectivity index (χ0v) is 15.9. The highest BCUT2D eigenvalue weighted by atomic mass is 35.5. The van der Waals surface area contributed by atoms with E-state index in [4.69, 9.17) is 11.6 Å². The van der Waals surface area contributed by atoms with Gasteiger partial charge in [0.1, 0.15) is 11.1 Å². The van der Waals surface area contributed by atoms with Crippen molar-refractivity contribution in [2.45, 2.75) is 12.3 Å². The third-order valence-corrected chi connectivity index (χ3v) is 4.82. The van der Waals surface area contributed by atoms with Gasteiger partial charge in [0.2, 0.25) is 11.8 Å². The average Bonchev–Trinajstić information content (AvgIpc) is 3.09. The zero-order chi connectivity index (χ0) is 21.5. The number of para-hydroxylation sites is 1. The molecule has 1 aromatic heterocycles. The van der Waals surface area contributed by atoms with Crippen LogP contribution in [0.3, 0.4) is 0 Å². The Morgan fingerprint density at radius 3 is 2.62 bits per heavy atom. The van der Waals surface area contributed by atoms with Crippen LogP contribution in [0.25, 0.3) is 0 Å². The second-order valence-corrected chi connectivity index (χ2v) is 6.86. The number of anilines is 1. The second-order valence-electron chi connectivity index (χ2n) is 6.47. The molecule has 0 saturated carbocycles. The molecule has 2 atom stereocenters. The van der Waals surface area contributed by atoms with Crippen molar-refractivity contribution in [3.05, 3.63) is 40.9 Å². The maximum Gasteiger partial charge on any atom is 0.573 e. The normalized spacial score (nSPS) is 19.6. The molecule has 29 heavy (non-hydrogen) atoms. The Kier molecular flexibility index (Phi) is 5.44. The number of amides is 2. The fourth-order valence-corrected chi connectivity index (χ4v) is 3.29. The summed E-state index contributed by atoms with van der Waals surface area (Å²) in [5.41, 5.74) is -0.172. The van der Waals surface area contributed by atoms with Crippen molar-refractivity contribution in [2.24, 2.45) is 13.0 Å². The molecular weight excluding hydrogens is 420 g/mol. The largest absolute Gasteiger partial charge is 0.573 e. The average molecular weight is 435 g/mol. The van der Waals surface area contributed by atoms with Crippen LogP contribution >= 0.6 is 11.6 Å². The molecule has 0 bridgehead atoms. The Labute approximate surface area is 167 Å². The molecular formula is C17H15ClF4N4O3. The lowest BCUT2D eigenvalue weighted by atomic mass is 9.91. The third kappa shape index (κ3) is 4.29. The van der Waals surface area contributed by atoms with Gasteiger partial charge in [-0.15, -0.1) is 13.2 Å². The van der Waals surface area contributed by atoms with Gasteiger partial charge < -0.3 is 15.0 Å². The van der Waals surface area contributed by atoms with Crippen molar-refractivity contribution in [3.63, 3.8) is 0 Å². The number of hydrogen-bond donors (Lipinski definition) is 1. The number of likely N-dealkylation sites (tertiary alicyclic amines) is 1. The van der Waals surface area contributed by atoms with Crippen LogP contribution in [0, 0.1) is 11.7 Å². The molecule has 2 amide bonds. The summed E-state index contributed by atoms with van der Waals surface area (Å²) in [5.74, 6) is -5.94. The van der Waals surface area contributed by atoms with Crippen molar-refractivity contribution in [2.75, 3.05) is 18.9 Å². The highest BCUT2D eigenvalue weighted by Crippen LogP contribution is 2.37. The summed E-state index contributed by atoms with van der Waals surface area (Å²) >= 11 is 5.97. The third-order valence-electron chi connectivity index (χ3n) is 4.46. The number of alkyl halides is 3. The van der Waals surface area contributed by atoms with Crippen molar-refractivity contribution >= 4 is 29.1 Å². The number of halogens is 5. The van der Waals surface area contributed by atoms with E-state index >= 15 is 0 Å². The number of ether oxygens (including phenoxy) is 1. The van der Waals surface area contributed by atoms with Gasteiger partial charge in [0.05, 0.1) is 11.4 Å². The van der Waals surface area contributed by atoms with Crippen LogP contribution in [-0.2, 0) is 16.6 Å². The standard InChI is InChI=1S/C17H15ClF4N4O3/c1-25-7-8(11-6-12(18)26(2)24-11)13(16(25)28)15(27)23-10-5-3-4-9(19)14(10)29-17(20,21)22/h3-6,8,13H,7H2,1-2H3,(H,23,27)/t8-,13+/m1/s1. The summed E-state index contributed by atoms with van der Waals surface area (Å²) in [4.78, 5) is 26.6. The molecule has 3 rings (SSSR count). The van der Waals surface area contributed by atoms with Gasteiger partial charge in [0.15, 0.2) is 11.6 Å². The van der Waals surface area contributed by atoms with Crippen molar-refractivity contribution < 1.29 is 31.9 Å². The summed E-state index contributed by atoms with van der Waals surface area (Å²) in [6.45, 7) is 0.152. The summed E-state index contributed by atoms with van der Waals surface area (Å²) in [7, 11) is 3.06. The number of aryl methyl sites for hydroxylation is 1. The second kappa shape index (κ2) is 7.54. The SMILES string of the molecule is CN1C[C@H](c2cc(Cl)n(C)n2)[C@@H](C(=O)Nc2cccc(F)c2OC(F)(F)F)C1=O. The molecule has 1 aliphatic heterocycles. The highest BCUT2D eigenvalue weighted by molar-refractivity contribution is 6.29. The summed E-state index contributed by atoms with van der Waals surface area (Å²) < 4.78 is 56.7. The Balaban J connectivity index is 1.91. The molecule has 1 N–H and O–H groups in total. The van der Waals surface area contributed by atoms with Crippen LogP contribution in [-0.4, -0.2) is 46.4 Å². The molecule has 7 nitrogen and oxygen atoms in total. The Morgan fingerprint density at radius 2 is 2.03 bits per heavy atom. The molecule has 0 radical (unpaired) electrons. The van der Waals surface area contributed by atoms with Crippen LogP contribution in [0.2, 0.25) is 5.15 Å². The number of nitrogens with zero attached hydrogens (tertiary/aromatic N) is 3. The van der Waals surface area contributed by atoms with E-state index in [0.717, 1.165) is 18.2 Å². The summed E-state index contributed by atoms with van der Waals surface area (Å²) in [5, 5.41) is 6.63. The minimum atomic E-state index is -5.17. The van der Waals surface area contributed by atoms with Gasteiger partial charge in [-0.25, -0.2) is 4.39 Å². The predicted octanol–water partition coefficient (Wildman–Crippen LogP) is 2.92.